The molecule has 1 aliphatic heterocycles. The van der Waals surface area contributed by atoms with Gasteiger partial charge in [0.25, 0.3) is 11.8 Å². The average molecular weight is 406 g/mol. The lowest BCUT2D eigenvalue weighted by atomic mass is 10.0. The van der Waals surface area contributed by atoms with Gasteiger partial charge in [0.1, 0.15) is 5.82 Å². The summed E-state index contributed by atoms with van der Waals surface area (Å²) in [6, 6.07) is 12.8. The number of nitrogens with one attached hydrogen (secondary N) is 2. The first-order valence-electron chi connectivity index (χ1n) is 9.25. The Balaban J connectivity index is 0.00000280. The lowest BCUT2D eigenvalue weighted by Crippen LogP contribution is -2.48. The standard InChI is InChI=1S/C21H24FN3O2.ClH/c1-2-9-24-20(26)16-6-3-7-17(12-16)21(27)25-11-10-23-14-19(25)15-5-4-8-18(22)13-15;/h3-8,12-13,19,23H,2,9-11,14H2,1H3,(H,24,26);1H. The third-order valence-electron chi connectivity index (χ3n) is 4.64. The molecule has 0 saturated carbocycles. The molecule has 0 spiro atoms. The van der Waals surface area contributed by atoms with Crippen molar-refractivity contribution in [3.63, 3.8) is 0 Å². The highest BCUT2D eigenvalue weighted by molar-refractivity contribution is 5.99. The first-order chi connectivity index (χ1) is 13.1. The van der Waals surface area contributed by atoms with Crippen LogP contribution in [0.5, 0.6) is 0 Å². The summed E-state index contributed by atoms with van der Waals surface area (Å²) in [4.78, 5) is 27.1. The molecular weight excluding hydrogens is 381 g/mol. The number of carbonyl (C=O) groups excluding carboxylic acids is 2. The molecule has 3 rings (SSSR count). The third kappa shape index (κ3) is 5.09. The van der Waals surface area contributed by atoms with Crippen LogP contribution in [0.1, 0.15) is 45.7 Å². The fourth-order valence-electron chi connectivity index (χ4n) is 3.26. The van der Waals surface area contributed by atoms with Crippen LogP contribution in [-0.4, -0.2) is 42.9 Å². The summed E-state index contributed by atoms with van der Waals surface area (Å²) in [7, 11) is 0. The van der Waals surface area contributed by atoms with Crippen molar-refractivity contribution in [1.82, 2.24) is 15.5 Å². The highest BCUT2D eigenvalue weighted by Crippen LogP contribution is 2.25. The van der Waals surface area contributed by atoms with E-state index in [0.29, 0.717) is 37.3 Å². The minimum absolute atomic E-state index is 0. The van der Waals surface area contributed by atoms with Gasteiger partial charge in [0.15, 0.2) is 0 Å². The number of hydrogen-bond donors (Lipinski definition) is 2. The van der Waals surface area contributed by atoms with Crippen molar-refractivity contribution in [3.8, 4) is 0 Å². The van der Waals surface area contributed by atoms with Crippen molar-refractivity contribution in [2.75, 3.05) is 26.2 Å². The monoisotopic (exact) mass is 405 g/mol. The predicted molar refractivity (Wildman–Crippen MR) is 109 cm³/mol. The van der Waals surface area contributed by atoms with Crippen LogP contribution >= 0.6 is 12.4 Å². The molecular formula is C21H25ClFN3O2. The summed E-state index contributed by atoms with van der Waals surface area (Å²) in [5.41, 5.74) is 1.68. The highest BCUT2D eigenvalue weighted by Gasteiger charge is 2.29. The number of rotatable bonds is 5. The van der Waals surface area contributed by atoms with E-state index in [2.05, 4.69) is 10.6 Å². The number of piperazine rings is 1. The number of halogens is 2. The predicted octanol–water partition coefficient (Wildman–Crippen LogP) is 3.17. The molecule has 1 heterocycles. The number of amides is 2. The van der Waals surface area contributed by atoms with Gasteiger partial charge in [0.05, 0.1) is 6.04 Å². The van der Waals surface area contributed by atoms with Gasteiger partial charge in [0, 0.05) is 37.3 Å². The molecule has 2 amide bonds. The fraction of sp³-hybridized carbons (Fsp3) is 0.333. The van der Waals surface area contributed by atoms with Crippen LogP contribution in [0, 0.1) is 5.82 Å². The van der Waals surface area contributed by atoms with Crippen LogP contribution in [-0.2, 0) is 0 Å². The van der Waals surface area contributed by atoms with Gasteiger partial charge in [-0.15, -0.1) is 12.4 Å². The number of benzene rings is 2. The zero-order valence-electron chi connectivity index (χ0n) is 15.8. The van der Waals surface area contributed by atoms with Gasteiger partial charge in [-0.1, -0.05) is 25.1 Å². The Morgan fingerprint density at radius 2 is 1.93 bits per heavy atom. The zero-order chi connectivity index (χ0) is 19.2. The first kappa shape index (κ1) is 21.9. The van der Waals surface area contributed by atoms with Crippen molar-refractivity contribution >= 4 is 24.2 Å². The van der Waals surface area contributed by atoms with Crippen LogP contribution in [0.4, 0.5) is 4.39 Å². The molecule has 1 saturated heterocycles. The summed E-state index contributed by atoms with van der Waals surface area (Å²) >= 11 is 0. The van der Waals surface area contributed by atoms with Gasteiger partial charge < -0.3 is 15.5 Å². The second-order valence-corrected chi connectivity index (χ2v) is 6.61. The maximum absolute atomic E-state index is 13.6. The second kappa shape index (κ2) is 10.2. The zero-order valence-corrected chi connectivity index (χ0v) is 16.6. The van der Waals surface area contributed by atoms with E-state index in [1.165, 1.54) is 12.1 Å². The molecule has 1 aliphatic rings. The molecule has 1 fully saturated rings. The highest BCUT2D eigenvalue weighted by atomic mass is 35.5. The molecule has 2 N–H and O–H groups in total. The van der Waals surface area contributed by atoms with Crippen molar-refractivity contribution in [2.24, 2.45) is 0 Å². The van der Waals surface area contributed by atoms with Crippen LogP contribution in [0.25, 0.3) is 0 Å². The maximum Gasteiger partial charge on any atom is 0.254 e. The molecule has 7 heteroatoms. The normalized spacial score (nSPS) is 16.2. The maximum atomic E-state index is 13.6. The Morgan fingerprint density at radius 3 is 2.68 bits per heavy atom. The molecule has 150 valence electrons. The Bertz CT molecular complexity index is 831. The number of nitrogens with zero attached hydrogens (tertiary/aromatic N) is 1. The quantitative estimate of drug-likeness (QED) is 0.803. The van der Waals surface area contributed by atoms with Crippen LogP contribution in [0.2, 0.25) is 0 Å². The number of hydrogen-bond acceptors (Lipinski definition) is 3. The molecule has 0 bridgehead atoms. The van der Waals surface area contributed by atoms with E-state index in [9.17, 15) is 14.0 Å². The molecule has 5 nitrogen and oxygen atoms in total. The van der Waals surface area contributed by atoms with Crippen molar-refractivity contribution in [3.05, 3.63) is 71.0 Å². The van der Waals surface area contributed by atoms with Gasteiger partial charge in [0.2, 0.25) is 0 Å². The minimum Gasteiger partial charge on any atom is -0.352 e. The van der Waals surface area contributed by atoms with Crippen LogP contribution in [0.15, 0.2) is 48.5 Å². The van der Waals surface area contributed by atoms with Gasteiger partial charge in [-0.25, -0.2) is 4.39 Å². The molecule has 0 radical (unpaired) electrons. The Labute approximate surface area is 170 Å². The fourth-order valence-corrected chi connectivity index (χ4v) is 3.26. The smallest absolute Gasteiger partial charge is 0.254 e. The Kier molecular flexibility index (Phi) is 7.96. The molecule has 28 heavy (non-hydrogen) atoms. The van der Waals surface area contributed by atoms with E-state index >= 15 is 0 Å². The van der Waals surface area contributed by atoms with Gasteiger partial charge >= 0.3 is 0 Å². The Hall–Kier alpha value is -2.44. The van der Waals surface area contributed by atoms with Gasteiger partial charge in [-0.2, -0.15) is 0 Å². The molecule has 2 aromatic rings. The van der Waals surface area contributed by atoms with E-state index < -0.39 is 0 Å². The minimum atomic E-state index is -0.319. The van der Waals surface area contributed by atoms with E-state index in [0.717, 1.165) is 12.0 Å². The van der Waals surface area contributed by atoms with E-state index in [1.54, 1.807) is 35.2 Å². The number of carbonyl (C=O) groups is 2. The lowest BCUT2D eigenvalue weighted by molar-refractivity contribution is 0.0634. The molecule has 1 unspecified atom stereocenters. The summed E-state index contributed by atoms with van der Waals surface area (Å²) < 4.78 is 13.6. The summed E-state index contributed by atoms with van der Waals surface area (Å²) in [5.74, 6) is -0.663. The van der Waals surface area contributed by atoms with Gasteiger partial charge in [-0.3, -0.25) is 9.59 Å². The molecule has 2 aromatic carbocycles. The molecule has 0 aliphatic carbocycles. The van der Waals surface area contributed by atoms with Crippen LogP contribution < -0.4 is 10.6 Å². The van der Waals surface area contributed by atoms with E-state index in [-0.39, 0.29) is 36.1 Å². The summed E-state index contributed by atoms with van der Waals surface area (Å²) in [5, 5.41) is 6.08. The van der Waals surface area contributed by atoms with Gasteiger partial charge in [-0.05, 0) is 42.3 Å². The third-order valence-corrected chi connectivity index (χ3v) is 4.64. The lowest BCUT2D eigenvalue weighted by Gasteiger charge is -2.36. The van der Waals surface area contributed by atoms with Crippen molar-refractivity contribution in [1.29, 1.82) is 0 Å². The summed E-state index contributed by atoms with van der Waals surface area (Å²) in [6.07, 6.45) is 0.848. The summed E-state index contributed by atoms with van der Waals surface area (Å²) in [6.45, 7) is 4.33. The van der Waals surface area contributed by atoms with Crippen molar-refractivity contribution in [2.45, 2.75) is 19.4 Å². The van der Waals surface area contributed by atoms with Crippen molar-refractivity contribution < 1.29 is 14.0 Å². The largest absolute Gasteiger partial charge is 0.352 e. The molecule has 1 atom stereocenters. The first-order valence-corrected chi connectivity index (χ1v) is 9.25. The molecule has 0 aromatic heterocycles. The van der Waals surface area contributed by atoms with E-state index in [1.807, 2.05) is 13.0 Å². The topological polar surface area (TPSA) is 61.4 Å². The SMILES string of the molecule is CCCNC(=O)c1cccc(C(=O)N2CCNCC2c2cccc(F)c2)c1.Cl. The van der Waals surface area contributed by atoms with E-state index in [4.69, 9.17) is 0 Å². The Morgan fingerprint density at radius 1 is 1.18 bits per heavy atom. The second-order valence-electron chi connectivity index (χ2n) is 6.61. The average Bonchev–Trinajstić information content (AvgIpc) is 2.71. The van der Waals surface area contributed by atoms with Crippen LogP contribution in [0.3, 0.4) is 0 Å².